The second-order valence-corrected chi connectivity index (χ2v) is 11.7. The van der Waals surface area contributed by atoms with Crippen molar-refractivity contribution in [1.29, 1.82) is 0 Å². The third-order valence-corrected chi connectivity index (χ3v) is 9.59. The molecule has 2 atom stereocenters. The Morgan fingerprint density at radius 3 is 2.30 bits per heavy atom. The van der Waals surface area contributed by atoms with Crippen LogP contribution in [-0.4, -0.2) is 31.9 Å². The van der Waals surface area contributed by atoms with E-state index in [0.29, 0.717) is 31.6 Å². The predicted molar refractivity (Wildman–Crippen MR) is 109 cm³/mol. The summed E-state index contributed by atoms with van der Waals surface area (Å²) >= 11 is 6.04. The zero-order valence-corrected chi connectivity index (χ0v) is 18.0. The van der Waals surface area contributed by atoms with Crippen molar-refractivity contribution in [3.05, 3.63) is 29.3 Å². The average molecular weight is 453 g/mol. The Hall–Kier alpha value is -1.64. The highest BCUT2D eigenvalue weighted by Crippen LogP contribution is 2.61. The van der Waals surface area contributed by atoms with E-state index in [1.807, 2.05) is 0 Å². The minimum atomic E-state index is -3.96. The van der Waals surface area contributed by atoms with Crippen LogP contribution in [0, 0.1) is 23.2 Å². The van der Waals surface area contributed by atoms with E-state index in [9.17, 15) is 18.0 Å². The van der Waals surface area contributed by atoms with Crippen molar-refractivity contribution in [2.45, 2.75) is 61.5 Å². The molecule has 0 spiro atoms. The number of halogens is 1. The van der Waals surface area contributed by atoms with Crippen molar-refractivity contribution in [2.75, 3.05) is 0 Å². The van der Waals surface area contributed by atoms with E-state index in [4.69, 9.17) is 22.1 Å². The van der Waals surface area contributed by atoms with Crippen molar-refractivity contribution < 1.29 is 22.7 Å². The first kappa shape index (κ1) is 20.3. The van der Waals surface area contributed by atoms with Crippen LogP contribution in [0.15, 0.2) is 29.2 Å². The molecule has 0 saturated heterocycles. The number of nitrogens with one attached hydrogen (secondary N) is 1. The number of hydrogen-bond donors (Lipinski definition) is 2. The number of amides is 1. The third-order valence-electron chi connectivity index (χ3n) is 7.55. The molecule has 0 aliphatic heterocycles. The molecule has 5 saturated carbocycles. The lowest BCUT2D eigenvalue weighted by molar-refractivity contribution is -0.186. The maximum absolute atomic E-state index is 13.1. The largest absolute Gasteiger partial charge is 0.460 e. The molecule has 162 valence electrons. The Morgan fingerprint density at radius 1 is 1.10 bits per heavy atom. The van der Waals surface area contributed by atoms with Crippen molar-refractivity contribution >= 4 is 33.5 Å². The van der Waals surface area contributed by atoms with Gasteiger partial charge in [-0.25, -0.2) is 8.42 Å². The Balaban J connectivity index is 1.32. The summed E-state index contributed by atoms with van der Waals surface area (Å²) in [6.45, 7) is 0. The highest BCUT2D eigenvalue weighted by atomic mass is 35.5. The fourth-order valence-corrected chi connectivity index (χ4v) is 8.09. The highest BCUT2D eigenvalue weighted by molar-refractivity contribution is 7.89. The number of nitrogens with two attached hydrogens (primary N) is 1. The monoisotopic (exact) mass is 452 g/mol. The fraction of sp³-hybridized carbons (Fsp3) is 0.619. The van der Waals surface area contributed by atoms with E-state index in [2.05, 4.69) is 4.72 Å². The van der Waals surface area contributed by atoms with Crippen LogP contribution in [0.3, 0.4) is 0 Å². The van der Waals surface area contributed by atoms with Crippen molar-refractivity contribution in [1.82, 2.24) is 4.72 Å². The topological polar surface area (TPSA) is 116 Å². The maximum Gasteiger partial charge on any atom is 0.327 e. The van der Waals surface area contributed by atoms with E-state index >= 15 is 0 Å². The zero-order chi connectivity index (χ0) is 21.3. The van der Waals surface area contributed by atoms with Crippen LogP contribution >= 0.6 is 11.6 Å². The van der Waals surface area contributed by atoms with Crippen molar-refractivity contribution in [3.63, 3.8) is 0 Å². The van der Waals surface area contributed by atoms with Gasteiger partial charge in [0.05, 0.1) is 10.4 Å². The van der Waals surface area contributed by atoms with Gasteiger partial charge in [0.15, 0.2) is 0 Å². The van der Waals surface area contributed by atoms with Crippen LogP contribution in [0.1, 0.15) is 44.9 Å². The standard InChI is InChI=1S/C21H25ClN2O5S/c22-15-3-1-2-4-16(15)30(27,28)24-21(5-6-21)19(26)29-17-13-7-12-8-14(17)11-20(9-12,10-13)18(23)25/h1-4,12-14,17,24H,5-11H2,(H2,23,25). The Kier molecular flexibility index (Phi) is 4.51. The van der Waals surface area contributed by atoms with Gasteiger partial charge in [0, 0.05) is 0 Å². The Bertz CT molecular complexity index is 1010. The van der Waals surface area contributed by atoms with Gasteiger partial charge in [-0.15, -0.1) is 0 Å². The second kappa shape index (κ2) is 6.68. The molecule has 5 aliphatic carbocycles. The summed E-state index contributed by atoms with van der Waals surface area (Å²) < 4.78 is 34.1. The van der Waals surface area contributed by atoms with Crippen LogP contribution in [0.5, 0.6) is 0 Å². The molecular formula is C21H25ClN2O5S. The summed E-state index contributed by atoms with van der Waals surface area (Å²) in [7, 11) is -3.96. The van der Waals surface area contributed by atoms with Gasteiger partial charge in [0.1, 0.15) is 16.5 Å². The second-order valence-electron chi connectivity index (χ2n) is 9.60. The molecule has 0 aromatic heterocycles. The number of benzene rings is 1. The summed E-state index contributed by atoms with van der Waals surface area (Å²) in [5, 5.41) is 0.104. The average Bonchev–Trinajstić information content (AvgIpc) is 3.44. The molecule has 1 aromatic rings. The number of rotatable bonds is 6. The highest BCUT2D eigenvalue weighted by Gasteiger charge is 2.61. The van der Waals surface area contributed by atoms with Crippen LogP contribution in [0.25, 0.3) is 0 Å². The number of ether oxygens (including phenoxy) is 1. The predicted octanol–water partition coefficient (Wildman–Crippen LogP) is 2.37. The van der Waals surface area contributed by atoms with Gasteiger partial charge < -0.3 is 10.5 Å². The summed E-state index contributed by atoms with van der Waals surface area (Å²) in [5.41, 5.74) is 4.04. The molecule has 6 rings (SSSR count). The van der Waals surface area contributed by atoms with Crippen LogP contribution in [0.4, 0.5) is 0 Å². The Morgan fingerprint density at radius 2 is 1.73 bits per heavy atom. The number of hydrogen-bond acceptors (Lipinski definition) is 5. The lowest BCUT2D eigenvalue weighted by Crippen LogP contribution is -2.59. The van der Waals surface area contributed by atoms with Gasteiger partial charge in [-0.3, -0.25) is 9.59 Å². The molecule has 1 amide bonds. The van der Waals surface area contributed by atoms with Gasteiger partial charge in [0.25, 0.3) is 0 Å². The first-order valence-electron chi connectivity index (χ1n) is 10.4. The van der Waals surface area contributed by atoms with E-state index in [1.165, 1.54) is 12.1 Å². The normalized spacial score (nSPS) is 35.8. The van der Waals surface area contributed by atoms with Gasteiger partial charge in [-0.2, -0.15) is 4.72 Å². The molecule has 5 aliphatic rings. The zero-order valence-electron chi connectivity index (χ0n) is 16.5. The molecule has 7 nitrogen and oxygen atoms in total. The van der Waals surface area contributed by atoms with Crippen LogP contribution in [-0.2, 0) is 24.3 Å². The number of sulfonamides is 1. The van der Waals surface area contributed by atoms with Gasteiger partial charge in [-0.05, 0) is 74.8 Å². The maximum atomic E-state index is 13.1. The molecule has 30 heavy (non-hydrogen) atoms. The number of primary amides is 1. The quantitative estimate of drug-likeness (QED) is 0.643. The Labute approximate surface area is 180 Å². The lowest BCUT2D eigenvalue weighted by atomic mass is 9.48. The molecule has 9 heteroatoms. The molecule has 1 aromatic carbocycles. The molecule has 3 N–H and O–H groups in total. The van der Waals surface area contributed by atoms with Gasteiger partial charge in [-0.1, -0.05) is 23.7 Å². The van der Waals surface area contributed by atoms with Crippen molar-refractivity contribution in [3.8, 4) is 0 Å². The molecule has 0 heterocycles. The van der Waals surface area contributed by atoms with Gasteiger partial charge in [0.2, 0.25) is 15.9 Å². The number of carbonyl (C=O) groups is 2. The minimum absolute atomic E-state index is 0.0521. The SMILES string of the molecule is NC(=O)C12CC3CC(C1)C(OC(=O)C1(NS(=O)(=O)c4ccccc4Cl)CC1)C(C3)C2. The van der Waals surface area contributed by atoms with E-state index in [1.54, 1.807) is 12.1 Å². The molecule has 0 radical (unpaired) electrons. The summed E-state index contributed by atoms with van der Waals surface area (Å²) in [6, 6.07) is 6.14. The fourth-order valence-electron chi connectivity index (χ4n) is 6.16. The first-order chi connectivity index (χ1) is 14.1. The minimum Gasteiger partial charge on any atom is -0.460 e. The summed E-state index contributed by atoms with van der Waals surface area (Å²) in [5.74, 6) is -0.0764. The summed E-state index contributed by atoms with van der Waals surface area (Å²) in [6.07, 6.45) is 4.54. The molecule has 2 unspecified atom stereocenters. The van der Waals surface area contributed by atoms with Crippen molar-refractivity contribution in [2.24, 2.45) is 28.9 Å². The lowest BCUT2D eigenvalue weighted by Gasteiger charge is -2.58. The van der Waals surface area contributed by atoms with Gasteiger partial charge >= 0.3 is 5.97 Å². The molecule has 5 fully saturated rings. The van der Waals surface area contributed by atoms with E-state index in [-0.39, 0.29) is 33.8 Å². The van der Waals surface area contributed by atoms with Crippen LogP contribution < -0.4 is 10.5 Å². The number of carbonyl (C=O) groups excluding carboxylic acids is 2. The third kappa shape index (κ3) is 3.15. The molecule has 4 bridgehead atoms. The smallest absolute Gasteiger partial charge is 0.327 e. The van der Waals surface area contributed by atoms with E-state index in [0.717, 1.165) is 19.3 Å². The first-order valence-corrected chi connectivity index (χ1v) is 12.3. The number of esters is 1. The van der Waals surface area contributed by atoms with E-state index < -0.39 is 26.9 Å². The molecular weight excluding hydrogens is 428 g/mol. The van der Waals surface area contributed by atoms with Crippen LogP contribution in [0.2, 0.25) is 5.02 Å². The summed E-state index contributed by atoms with van der Waals surface area (Å²) in [4.78, 5) is 25.1.